The number of hydrazine groups is 3. The number of rotatable bonds is 39. The van der Waals surface area contributed by atoms with Crippen LogP contribution in [0.25, 0.3) is 0 Å². The Bertz CT molecular complexity index is 679. The monoisotopic (exact) mass is 791 g/mol. The van der Waals surface area contributed by atoms with Crippen molar-refractivity contribution in [2.45, 2.75) is 289 Å². The third kappa shape index (κ3) is 46.5. The summed E-state index contributed by atoms with van der Waals surface area (Å²) in [6.07, 6.45) is 44.2. The van der Waals surface area contributed by atoms with E-state index in [0.29, 0.717) is 21.7 Å². The largest absolute Gasteiger partial charge is 0.230 e. The molecule has 0 amide bonds. The average molecular weight is 791 g/mol. The Morgan fingerprint density at radius 2 is 0.357 bits per heavy atom. The number of hydrogen-bond donors (Lipinski definition) is 2. The molecule has 4 heteroatoms. The van der Waals surface area contributed by atoms with Crippen LogP contribution in [0.3, 0.4) is 0 Å². The fourth-order valence-corrected chi connectivity index (χ4v) is 7.96. The lowest BCUT2D eigenvalue weighted by molar-refractivity contribution is 0.0443. The molecule has 0 unspecified atom stereocenters. The number of nitrogens with one attached hydrogen (secondary N) is 2. The summed E-state index contributed by atoms with van der Waals surface area (Å²) in [7, 11) is 0. The van der Waals surface area contributed by atoms with Gasteiger partial charge in [-0.05, 0) is 73.0 Å². The molecule has 0 aromatic carbocycles. The summed E-state index contributed by atoms with van der Waals surface area (Å²) in [5.41, 5.74) is 9.50. The Labute approximate surface area is 356 Å². The molecular formula is C52H110N4. The van der Waals surface area contributed by atoms with Gasteiger partial charge in [0.05, 0.1) is 0 Å². The first kappa shape index (κ1) is 55.8. The topological polar surface area (TPSA) is 30.5 Å². The van der Waals surface area contributed by atoms with E-state index in [1.807, 2.05) is 0 Å². The molecule has 0 fully saturated rings. The van der Waals surface area contributed by atoms with E-state index in [4.69, 9.17) is 0 Å². The van der Waals surface area contributed by atoms with E-state index in [-0.39, 0.29) is 0 Å². The molecule has 0 aliphatic heterocycles. The van der Waals surface area contributed by atoms with Gasteiger partial charge in [-0.3, -0.25) is 0 Å². The average Bonchev–Trinajstić information content (AvgIpc) is 3.08. The van der Waals surface area contributed by atoms with E-state index in [1.165, 1.54) is 205 Å². The second-order valence-corrected chi connectivity index (χ2v) is 23.3. The van der Waals surface area contributed by atoms with Gasteiger partial charge in [0.25, 0.3) is 0 Å². The van der Waals surface area contributed by atoms with Crippen LogP contribution in [-0.2, 0) is 0 Å². The summed E-state index contributed by atoms with van der Waals surface area (Å²) in [4.78, 5) is 0. The highest BCUT2D eigenvalue weighted by molar-refractivity contribution is 4.65. The maximum atomic E-state index is 3.77. The molecule has 0 bridgehead atoms. The van der Waals surface area contributed by atoms with Crippen molar-refractivity contribution in [3.8, 4) is 0 Å². The lowest BCUT2D eigenvalue weighted by Gasteiger charge is -2.30. The van der Waals surface area contributed by atoms with Crippen molar-refractivity contribution in [1.82, 2.24) is 21.1 Å². The number of nitrogens with zero attached hydrogens (tertiary/aromatic N) is 2. The molecule has 2 N–H and O–H groups in total. The Hall–Kier alpha value is -0.160. The summed E-state index contributed by atoms with van der Waals surface area (Å²) in [6.45, 7) is 33.2. The summed E-state index contributed by atoms with van der Waals surface area (Å²) in [5.74, 6) is 0. The minimum Gasteiger partial charge on any atom is -0.230 e. The summed E-state index contributed by atoms with van der Waals surface area (Å²) >= 11 is 0. The van der Waals surface area contributed by atoms with E-state index >= 15 is 0 Å². The number of hydrogen-bond acceptors (Lipinski definition) is 4. The standard InChI is InChI=1S/C52H110N4/c1-49(2,3)41-33-25-17-13-21-29-37-45-55(46-38-30-22-14-18-26-34-42-50(4,5)6)53-54-56(47-39-31-23-15-19-27-35-43-51(7,8)9)48-40-32-24-16-20-28-36-44-52(10,11)12/h53-54H,13-48H2,1-12H3. The van der Waals surface area contributed by atoms with E-state index < -0.39 is 0 Å². The van der Waals surface area contributed by atoms with Gasteiger partial charge in [-0.25, -0.2) is 10.0 Å². The molecule has 0 aromatic heterocycles. The van der Waals surface area contributed by atoms with Crippen molar-refractivity contribution in [3.63, 3.8) is 0 Å². The molecule has 4 nitrogen and oxygen atoms in total. The van der Waals surface area contributed by atoms with E-state index in [2.05, 4.69) is 104 Å². The Morgan fingerprint density at radius 3 is 0.518 bits per heavy atom. The van der Waals surface area contributed by atoms with Crippen LogP contribution in [0.5, 0.6) is 0 Å². The highest BCUT2D eigenvalue weighted by Gasteiger charge is 2.13. The normalized spacial score (nSPS) is 13.2. The molecule has 0 aliphatic carbocycles. The van der Waals surface area contributed by atoms with Crippen LogP contribution in [0.15, 0.2) is 0 Å². The first-order valence-electron chi connectivity index (χ1n) is 25.4. The zero-order valence-electron chi connectivity index (χ0n) is 41.4. The molecule has 0 radical (unpaired) electrons. The minimum atomic E-state index is 0.489. The maximum Gasteiger partial charge on any atom is 0.0144 e. The fourth-order valence-electron chi connectivity index (χ4n) is 7.96. The first-order valence-corrected chi connectivity index (χ1v) is 25.4. The first-order chi connectivity index (χ1) is 26.4. The van der Waals surface area contributed by atoms with Crippen molar-refractivity contribution in [3.05, 3.63) is 0 Å². The Morgan fingerprint density at radius 1 is 0.214 bits per heavy atom. The smallest absolute Gasteiger partial charge is 0.0144 e. The van der Waals surface area contributed by atoms with Gasteiger partial charge in [0, 0.05) is 26.2 Å². The van der Waals surface area contributed by atoms with Gasteiger partial charge in [-0.1, -0.05) is 237 Å². The van der Waals surface area contributed by atoms with Crippen LogP contribution in [0, 0.1) is 21.7 Å². The lowest BCUT2D eigenvalue weighted by atomic mass is 9.89. The van der Waals surface area contributed by atoms with Gasteiger partial charge in [0.2, 0.25) is 0 Å². The molecule has 0 aliphatic rings. The van der Waals surface area contributed by atoms with Crippen LogP contribution < -0.4 is 11.1 Å². The molecule has 56 heavy (non-hydrogen) atoms. The van der Waals surface area contributed by atoms with Crippen LogP contribution in [0.2, 0.25) is 0 Å². The minimum absolute atomic E-state index is 0.489. The second-order valence-electron chi connectivity index (χ2n) is 23.3. The molecule has 0 saturated heterocycles. The van der Waals surface area contributed by atoms with E-state index in [9.17, 15) is 0 Å². The van der Waals surface area contributed by atoms with Crippen molar-refractivity contribution < 1.29 is 0 Å². The van der Waals surface area contributed by atoms with Gasteiger partial charge in [0.1, 0.15) is 0 Å². The molecule has 338 valence electrons. The summed E-state index contributed by atoms with van der Waals surface area (Å²) < 4.78 is 0. The lowest BCUT2D eigenvalue weighted by Crippen LogP contribution is -2.55. The summed E-state index contributed by atoms with van der Waals surface area (Å²) in [5, 5.41) is 5.07. The van der Waals surface area contributed by atoms with Gasteiger partial charge >= 0.3 is 0 Å². The zero-order valence-corrected chi connectivity index (χ0v) is 41.4. The molecule has 0 aromatic rings. The molecule has 0 atom stereocenters. The molecule has 0 rings (SSSR count). The zero-order chi connectivity index (χ0) is 42.0. The molecule has 0 heterocycles. The van der Waals surface area contributed by atoms with Crippen LogP contribution in [-0.4, -0.2) is 36.2 Å². The molecule has 0 saturated carbocycles. The third-order valence-electron chi connectivity index (χ3n) is 11.8. The van der Waals surface area contributed by atoms with Crippen molar-refractivity contribution in [1.29, 1.82) is 0 Å². The SMILES string of the molecule is CC(C)(C)CCCCCCCCCN(CCCCCCCCCC(C)(C)C)NNN(CCCCCCCCCC(C)(C)C)CCCCCCCCCC(C)(C)C. The highest BCUT2D eigenvalue weighted by atomic mass is 15.8. The van der Waals surface area contributed by atoms with Gasteiger partial charge in [0.15, 0.2) is 0 Å². The highest BCUT2D eigenvalue weighted by Crippen LogP contribution is 2.25. The van der Waals surface area contributed by atoms with Crippen LogP contribution in [0.1, 0.15) is 289 Å². The third-order valence-corrected chi connectivity index (χ3v) is 11.8. The number of unbranched alkanes of at least 4 members (excludes halogenated alkanes) is 24. The van der Waals surface area contributed by atoms with Gasteiger partial charge in [-0.2, -0.15) is 11.1 Å². The van der Waals surface area contributed by atoms with Crippen LogP contribution in [0.4, 0.5) is 0 Å². The predicted octanol–water partition coefficient (Wildman–Crippen LogP) is 17.2. The van der Waals surface area contributed by atoms with E-state index in [1.54, 1.807) is 0 Å². The second kappa shape index (κ2) is 34.5. The van der Waals surface area contributed by atoms with Crippen LogP contribution >= 0.6 is 0 Å². The Balaban J connectivity index is 4.86. The van der Waals surface area contributed by atoms with Crippen molar-refractivity contribution in [2.24, 2.45) is 21.7 Å². The van der Waals surface area contributed by atoms with Crippen molar-refractivity contribution in [2.75, 3.05) is 26.2 Å². The maximum absolute atomic E-state index is 3.77. The van der Waals surface area contributed by atoms with Crippen molar-refractivity contribution >= 4 is 0 Å². The van der Waals surface area contributed by atoms with Gasteiger partial charge < -0.3 is 0 Å². The van der Waals surface area contributed by atoms with Gasteiger partial charge in [-0.15, -0.1) is 0 Å². The molecular weight excluding hydrogens is 681 g/mol. The fraction of sp³-hybridized carbons (Fsp3) is 1.00. The summed E-state index contributed by atoms with van der Waals surface area (Å²) in [6, 6.07) is 0. The Kier molecular flexibility index (Phi) is 34.4. The van der Waals surface area contributed by atoms with E-state index in [0.717, 1.165) is 26.2 Å². The molecule has 0 spiro atoms. The quantitative estimate of drug-likeness (QED) is 0.0480. The predicted molar refractivity (Wildman–Crippen MR) is 255 cm³/mol.